The smallest absolute Gasteiger partial charge is 0.311 e. The van der Waals surface area contributed by atoms with Crippen LogP contribution in [0.25, 0.3) is 0 Å². The highest BCUT2D eigenvalue weighted by atomic mass is 16.5. The van der Waals surface area contributed by atoms with Crippen molar-refractivity contribution in [1.29, 1.82) is 0 Å². The molecule has 0 aromatic heterocycles. The molecule has 1 aliphatic rings. The summed E-state index contributed by atoms with van der Waals surface area (Å²) in [7, 11) is 4.58. The maximum absolute atomic E-state index is 12.8. The Bertz CT molecular complexity index is 916. The second kappa shape index (κ2) is 10.3. The number of carbonyl (C=O) groups is 2. The zero-order valence-electron chi connectivity index (χ0n) is 18.6. The standard InChI is InChI=1S/C24H30N2O5/c1-16(17-8-6-5-7-9-17)25-23(27)15-26-11-10-18-12-21(29-2)22(30-3)13-19(18)20(26)14-24(28)31-4/h5-9,12-13,16,20H,10-11,14-15H2,1-4H3,(H,25,27)/p+1/t16-,20+/m1/s1. The van der Waals surface area contributed by atoms with Gasteiger partial charge in [-0.1, -0.05) is 30.3 Å². The van der Waals surface area contributed by atoms with Crippen LogP contribution in [0.3, 0.4) is 0 Å². The summed E-state index contributed by atoms with van der Waals surface area (Å²) in [5, 5.41) is 3.08. The lowest BCUT2D eigenvalue weighted by molar-refractivity contribution is -0.925. The summed E-state index contributed by atoms with van der Waals surface area (Å²) in [6, 6.07) is 13.5. The quantitative estimate of drug-likeness (QED) is 0.626. The van der Waals surface area contributed by atoms with Crippen molar-refractivity contribution in [3.8, 4) is 11.5 Å². The van der Waals surface area contributed by atoms with Crippen molar-refractivity contribution in [2.45, 2.75) is 31.8 Å². The highest BCUT2D eigenvalue weighted by Gasteiger charge is 2.35. The van der Waals surface area contributed by atoms with E-state index < -0.39 is 0 Å². The van der Waals surface area contributed by atoms with Crippen LogP contribution in [0, 0.1) is 0 Å². The van der Waals surface area contributed by atoms with E-state index in [1.54, 1.807) is 14.2 Å². The van der Waals surface area contributed by atoms with Crippen molar-refractivity contribution in [3.63, 3.8) is 0 Å². The fourth-order valence-corrected chi connectivity index (χ4v) is 4.21. The molecular weight excluding hydrogens is 396 g/mol. The second-order valence-electron chi connectivity index (χ2n) is 7.77. The summed E-state index contributed by atoms with van der Waals surface area (Å²) in [5.41, 5.74) is 3.15. The van der Waals surface area contributed by atoms with Crippen LogP contribution < -0.4 is 19.7 Å². The molecule has 0 spiro atoms. The highest BCUT2D eigenvalue weighted by Crippen LogP contribution is 2.35. The average molecular weight is 428 g/mol. The van der Waals surface area contributed by atoms with Gasteiger partial charge in [-0.15, -0.1) is 0 Å². The monoisotopic (exact) mass is 427 g/mol. The number of fused-ring (bicyclic) bond motifs is 1. The number of benzene rings is 2. The molecule has 3 rings (SSSR count). The molecule has 2 N–H and O–H groups in total. The van der Waals surface area contributed by atoms with Gasteiger partial charge < -0.3 is 24.4 Å². The van der Waals surface area contributed by atoms with Gasteiger partial charge in [0.25, 0.3) is 5.91 Å². The third kappa shape index (κ3) is 5.35. The number of hydrogen-bond acceptors (Lipinski definition) is 5. The highest BCUT2D eigenvalue weighted by molar-refractivity contribution is 5.77. The third-order valence-corrected chi connectivity index (χ3v) is 5.89. The largest absolute Gasteiger partial charge is 0.493 e. The number of carbonyl (C=O) groups excluding carboxylic acids is 2. The maximum atomic E-state index is 12.8. The van der Waals surface area contributed by atoms with Gasteiger partial charge in [0.2, 0.25) is 0 Å². The fourth-order valence-electron chi connectivity index (χ4n) is 4.21. The Morgan fingerprint density at radius 1 is 1.10 bits per heavy atom. The van der Waals surface area contributed by atoms with Gasteiger partial charge in [-0.25, -0.2) is 0 Å². The molecule has 0 saturated heterocycles. The van der Waals surface area contributed by atoms with E-state index in [2.05, 4.69) is 5.32 Å². The summed E-state index contributed by atoms with van der Waals surface area (Å²) in [6.07, 6.45) is 0.972. The van der Waals surface area contributed by atoms with Crippen molar-refractivity contribution >= 4 is 11.9 Å². The molecule has 1 aliphatic heterocycles. The minimum absolute atomic E-state index is 0.0508. The normalized spacial score (nSPS) is 18.5. The van der Waals surface area contributed by atoms with Crippen molar-refractivity contribution in [2.24, 2.45) is 0 Å². The van der Waals surface area contributed by atoms with Crippen LogP contribution in [0.1, 0.15) is 42.1 Å². The zero-order chi connectivity index (χ0) is 22.4. The van der Waals surface area contributed by atoms with Gasteiger partial charge in [0.1, 0.15) is 12.5 Å². The fraction of sp³-hybridized carbons (Fsp3) is 0.417. The number of quaternary nitrogens is 1. The van der Waals surface area contributed by atoms with Crippen LogP contribution >= 0.6 is 0 Å². The molecule has 2 aromatic carbocycles. The van der Waals surface area contributed by atoms with Crippen molar-refractivity contribution < 1.29 is 28.7 Å². The van der Waals surface area contributed by atoms with E-state index in [4.69, 9.17) is 14.2 Å². The molecule has 0 aliphatic carbocycles. The van der Waals surface area contributed by atoms with Crippen molar-refractivity contribution in [1.82, 2.24) is 5.32 Å². The topological polar surface area (TPSA) is 78.3 Å². The number of rotatable bonds is 8. The Hall–Kier alpha value is -3.06. The van der Waals surface area contributed by atoms with E-state index in [1.807, 2.05) is 49.4 Å². The van der Waals surface area contributed by atoms with Gasteiger partial charge in [-0.2, -0.15) is 0 Å². The first-order chi connectivity index (χ1) is 15.0. The van der Waals surface area contributed by atoms with Crippen LogP contribution in [0.4, 0.5) is 0 Å². The van der Waals surface area contributed by atoms with Gasteiger partial charge in [0, 0.05) is 12.0 Å². The molecule has 7 nitrogen and oxygen atoms in total. The molecule has 31 heavy (non-hydrogen) atoms. The molecule has 1 unspecified atom stereocenters. The van der Waals surface area contributed by atoms with Crippen LogP contribution in [0.15, 0.2) is 42.5 Å². The molecule has 166 valence electrons. The Morgan fingerprint density at radius 2 is 1.77 bits per heavy atom. The lowest BCUT2D eigenvalue weighted by atomic mass is 9.90. The lowest BCUT2D eigenvalue weighted by Crippen LogP contribution is -3.14. The number of nitrogens with one attached hydrogen (secondary N) is 2. The van der Waals surface area contributed by atoms with E-state index in [0.717, 1.165) is 34.6 Å². The molecule has 3 atom stereocenters. The zero-order valence-corrected chi connectivity index (χ0v) is 18.6. The number of methoxy groups -OCH3 is 3. The Morgan fingerprint density at radius 3 is 2.42 bits per heavy atom. The Labute approximate surface area is 183 Å². The molecule has 1 heterocycles. The maximum Gasteiger partial charge on any atom is 0.311 e. The SMILES string of the molecule is COC(=O)C[C@H]1c2cc(OC)c(OC)cc2CC[NH+]1CC(=O)N[C@H](C)c1ccccc1. The summed E-state index contributed by atoms with van der Waals surface area (Å²) < 4.78 is 15.8. The molecule has 0 radical (unpaired) electrons. The van der Waals surface area contributed by atoms with Crippen LogP contribution in [0.2, 0.25) is 0 Å². The minimum Gasteiger partial charge on any atom is -0.493 e. The number of hydrogen-bond donors (Lipinski definition) is 2. The van der Waals surface area contributed by atoms with Crippen molar-refractivity contribution in [2.75, 3.05) is 34.4 Å². The molecule has 0 fully saturated rings. The third-order valence-electron chi connectivity index (χ3n) is 5.89. The van der Waals surface area contributed by atoms with E-state index in [-0.39, 0.29) is 36.9 Å². The molecule has 0 bridgehead atoms. The summed E-state index contributed by atoms with van der Waals surface area (Å²) >= 11 is 0. The van der Waals surface area contributed by atoms with Gasteiger partial charge in [0.05, 0.1) is 33.9 Å². The number of esters is 1. The minimum atomic E-state index is -0.303. The van der Waals surface area contributed by atoms with Gasteiger partial charge in [-0.3, -0.25) is 9.59 Å². The molecule has 0 saturated carbocycles. The average Bonchev–Trinajstić information content (AvgIpc) is 2.79. The van der Waals surface area contributed by atoms with E-state index in [0.29, 0.717) is 11.5 Å². The van der Waals surface area contributed by atoms with Crippen molar-refractivity contribution in [3.05, 3.63) is 59.2 Å². The molecule has 7 heteroatoms. The van der Waals surface area contributed by atoms with E-state index in [1.165, 1.54) is 7.11 Å². The number of ether oxygens (including phenoxy) is 3. The first-order valence-electron chi connectivity index (χ1n) is 10.5. The van der Waals surface area contributed by atoms with Crippen LogP contribution in [0.5, 0.6) is 11.5 Å². The Balaban J connectivity index is 1.81. The van der Waals surface area contributed by atoms with Gasteiger partial charge >= 0.3 is 5.97 Å². The Kier molecular flexibility index (Phi) is 7.52. The van der Waals surface area contributed by atoms with E-state index in [9.17, 15) is 9.59 Å². The first kappa shape index (κ1) is 22.6. The number of amides is 1. The summed E-state index contributed by atoms with van der Waals surface area (Å²) in [5.74, 6) is 0.920. The predicted octanol–water partition coefficient (Wildman–Crippen LogP) is 1.63. The lowest BCUT2D eigenvalue weighted by Gasteiger charge is -2.34. The second-order valence-corrected chi connectivity index (χ2v) is 7.77. The van der Waals surface area contributed by atoms with E-state index >= 15 is 0 Å². The first-order valence-corrected chi connectivity index (χ1v) is 10.5. The predicted molar refractivity (Wildman–Crippen MR) is 116 cm³/mol. The molecule has 2 aromatic rings. The molecule has 1 amide bonds. The van der Waals surface area contributed by atoms with Gasteiger partial charge in [0.15, 0.2) is 18.0 Å². The van der Waals surface area contributed by atoms with Crippen LogP contribution in [-0.4, -0.2) is 46.3 Å². The summed E-state index contributed by atoms with van der Waals surface area (Å²) in [6.45, 7) is 2.97. The van der Waals surface area contributed by atoms with Gasteiger partial charge in [-0.05, 0) is 30.2 Å². The summed E-state index contributed by atoms with van der Waals surface area (Å²) in [4.78, 5) is 26.0. The van der Waals surface area contributed by atoms with Crippen LogP contribution in [-0.2, 0) is 20.7 Å². The molecular formula is C24H31N2O5+.